The van der Waals surface area contributed by atoms with E-state index >= 15 is 0 Å². The summed E-state index contributed by atoms with van der Waals surface area (Å²) in [5.74, 6) is 1.21. The Kier molecular flexibility index (Phi) is 2.78. The molecule has 12 heavy (non-hydrogen) atoms. The Morgan fingerprint density at radius 2 is 1.75 bits per heavy atom. The van der Waals surface area contributed by atoms with Gasteiger partial charge in [0.1, 0.15) is 0 Å². The molecule has 0 aromatic rings. The zero-order chi connectivity index (χ0) is 9.35. The molecule has 0 spiro atoms. The van der Waals surface area contributed by atoms with Crippen molar-refractivity contribution in [3.8, 4) is 0 Å². The topological polar surface area (TPSA) is 46.2 Å². The minimum atomic E-state index is -2.66. The minimum absolute atomic E-state index is 0.201. The van der Waals surface area contributed by atoms with Gasteiger partial charge in [-0.1, -0.05) is 13.8 Å². The van der Waals surface area contributed by atoms with Crippen LogP contribution in [0.4, 0.5) is 0 Å². The van der Waals surface area contributed by atoms with Crippen LogP contribution in [0.2, 0.25) is 0 Å². The van der Waals surface area contributed by atoms with E-state index < -0.39 is 9.84 Å². The molecule has 72 valence electrons. The molecule has 4 heteroatoms. The SMILES string of the molecule is CC(C)C(C)NC1CS(=O)(=O)C1. The highest BCUT2D eigenvalue weighted by atomic mass is 32.2. The van der Waals surface area contributed by atoms with Gasteiger partial charge in [-0.05, 0) is 12.8 Å². The van der Waals surface area contributed by atoms with E-state index in [4.69, 9.17) is 0 Å². The molecule has 0 aliphatic carbocycles. The highest BCUT2D eigenvalue weighted by Crippen LogP contribution is 2.12. The molecular weight excluding hydrogens is 174 g/mol. The molecule has 1 rings (SSSR count). The second kappa shape index (κ2) is 3.34. The van der Waals surface area contributed by atoms with Gasteiger partial charge in [0.25, 0.3) is 0 Å². The number of hydrogen-bond acceptors (Lipinski definition) is 3. The van der Waals surface area contributed by atoms with Crippen LogP contribution in [0.1, 0.15) is 20.8 Å². The molecule has 1 aliphatic heterocycles. The maximum Gasteiger partial charge on any atom is 0.153 e. The predicted molar refractivity (Wildman–Crippen MR) is 49.9 cm³/mol. The monoisotopic (exact) mass is 191 g/mol. The molecular formula is C8H17NO2S. The Bertz CT molecular complexity index is 234. The van der Waals surface area contributed by atoms with Gasteiger partial charge >= 0.3 is 0 Å². The molecule has 0 aromatic carbocycles. The lowest BCUT2D eigenvalue weighted by molar-refractivity contribution is 0.384. The lowest BCUT2D eigenvalue weighted by Crippen LogP contribution is -2.54. The van der Waals surface area contributed by atoms with Crippen LogP contribution in [0.25, 0.3) is 0 Å². The summed E-state index contributed by atoms with van der Waals surface area (Å²) >= 11 is 0. The molecule has 0 saturated carbocycles. The fourth-order valence-corrected chi connectivity index (χ4v) is 2.55. The molecule has 0 amide bonds. The maximum atomic E-state index is 10.8. The zero-order valence-electron chi connectivity index (χ0n) is 7.87. The van der Waals surface area contributed by atoms with Crippen molar-refractivity contribution in [2.45, 2.75) is 32.9 Å². The van der Waals surface area contributed by atoms with E-state index in [2.05, 4.69) is 26.1 Å². The van der Waals surface area contributed by atoms with Crippen molar-refractivity contribution in [3.63, 3.8) is 0 Å². The van der Waals surface area contributed by atoms with Gasteiger partial charge in [-0.25, -0.2) is 8.42 Å². The summed E-state index contributed by atoms with van der Waals surface area (Å²) in [4.78, 5) is 0. The van der Waals surface area contributed by atoms with Crippen LogP contribution in [0.15, 0.2) is 0 Å². The van der Waals surface area contributed by atoms with Crippen molar-refractivity contribution in [1.29, 1.82) is 0 Å². The molecule has 1 aliphatic rings. The van der Waals surface area contributed by atoms with Gasteiger partial charge in [0.15, 0.2) is 9.84 Å². The number of sulfone groups is 1. The first-order valence-electron chi connectivity index (χ1n) is 4.37. The van der Waals surface area contributed by atoms with Crippen molar-refractivity contribution in [2.75, 3.05) is 11.5 Å². The van der Waals surface area contributed by atoms with Gasteiger partial charge < -0.3 is 5.32 Å². The normalized spacial score (nSPS) is 25.3. The van der Waals surface area contributed by atoms with Crippen LogP contribution in [-0.4, -0.2) is 32.0 Å². The molecule has 0 radical (unpaired) electrons. The summed E-state index contributed by atoms with van der Waals surface area (Å²) in [5, 5.41) is 3.29. The Morgan fingerprint density at radius 3 is 2.08 bits per heavy atom. The summed E-state index contributed by atoms with van der Waals surface area (Å²) < 4.78 is 21.6. The van der Waals surface area contributed by atoms with Gasteiger partial charge in [0.05, 0.1) is 11.5 Å². The number of rotatable bonds is 3. The van der Waals surface area contributed by atoms with Crippen LogP contribution in [0.3, 0.4) is 0 Å². The Labute approximate surface area is 74.5 Å². The molecule has 1 saturated heterocycles. The highest BCUT2D eigenvalue weighted by molar-refractivity contribution is 7.92. The van der Waals surface area contributed by atoms with Crippen molar-refractivity contribution in [2.24, 2.45) is 5.92 Å². The summed E-state index contributed by atoms with van der Waals surface area (Å²) in [6, 6.07) is 0.609. The maximum absolute atomic E-state index is 10.8. The molecule has 1 heterocycles. The fraction of sp³-hybridized carbons (Fsp3) is 1.00. The quantitative estimate of drug-likeness (QED) is 0.703. The van der Waals surface area contributed by atoms with E-state index in [-0.39, 0.29) is 6.04 Å². The lowest BCUT2D eigenvalue weighted by atomic mass is 10.1. The largest absolute Gasteiger partial charge is 0.309 e. The Hall–Kier alpha value is -0.0900. The van der Waals surface area contributed by atoms with Gasteiger partial charge in [-0.3, -0.25) is 0 Å². The standard InChI is InChI=1S/C8H17NO2S/c1-6(2)7(3)9-8-4-12(10,11)5-8/h6-9H,4-5H2,1-3H3. The van der Waals surface area contributed by atoms with E-state index in [1.54, 1.807) is 0 Å². The van der Waals surface area contributed by atoms with Crippen molar-refractivity contribution in [1.82, 2.24) is 5.32 Å². The second-order valence-electron chi connectivity index (χ2n) is 3.97. The van der Waals surface area contributed by atoms with Crippen LogP contribution in [0, 0.1) is 5.92 Å². The molecule has 3 nitrogen and oxygen atoms in total. The third-order valence-corrected chi connectivity index (χ3v) is 4.23. The summed E-state index contributed by atoms with van der Waals surface area (Å²) in [6.07, 6.45) is 0. The number of hydrogen-bond donors (Lipinski definition) is 1. The third-order valence-electron chi connectivity index (χ3n) is 2.41. The lowest BCUT2D eigenvalue weighted by Gasteiger charge is -2.31. The molecule has 1 fully saturated rings. The van der Waals surface area contributed by atoms with Crippen molar-refractivity contribution in [3.05, 3.63) is 0 Å². The van der Waals surface area contributed by atoms with Gasteiger partial charge in [-0.15, -0.1) is 0 Å². The van der Waals surface area contributed by atoms with E-state index in [1.807, 2.05) is 0 Å². The van der Waals surface area contributed by atoms with E-state index in [0.29, 0.717) is 23.5 Å². The van der Waals surface area contributed by atoms with Gasteiger partial charge in [-0.2, -0.15) is 0 Å². The summed E-state index contributed by atoms with van der Waals surface area (Å²) in [7, 11) is -2.66. The van der Waals surface area contributed by atoms with E-state index in [1.165, 1.54) is 0 Å². The van der Waals surface area contributed by atoms with Crippen molar-refractivity contribution < 1.29 is 8.42 Å². The average molecular weight is 191 g/mol. The van der Waals surface area contributed by atoms with Crippen molar-refractivity contribution >= 4 is 9.84 Å². The van der Waals surface area contributed by atoms with Crippen LogP contribution < -0.4 is 5.32 Å². The first-order chi connectivity index (χ1) is 5.41. The highest BCUT2D eigenvalue weighted by Gasteiger charge is 2.33. The van der Waals surface area contributed by atoms with Crippen LogP contribution in [-0.2, 0) is 9.84 Å². The Balaban J connectivity index is 2.28. The smallest absolute Gasteiger partial charge is 0.153 e. The average Bonchev–Trinajstić information content (AvgIpc) is 1.83. The first kappa shape index (κ1) is 9.99. The fourth-order valence-electron chi connectivity index (χ4n) is 1.22. The van der Waals surface area contributed by atoms with Crippen LogP contribution in [0.5, 0.6) is 0 Å². The number of nitrogens with one attached hydrogen (secondary N) is 1. The zero-order valence-corrected chi connectivity index (χ0v) is 8.69. The predicted octanol–water partition coefficient (Wildman–Crippen LogP) is 0.418. The summed E-state index contributed by atoms with van der Waals surface area (Å²) in [6.45, 7) is 6.35. The van der Waals surface area contributed by atoms with E-state index in [0.717, 1.165) is 0 Å². The molecule has 0 bridgehead atoms. The van der Waals surface area contributed by atoms with Crippen LogP contribution >= 0.6 is 0 Å². The first-order valence-corrected chi connectivity index (χ1v) is 6.19. The molecule has 1 unspecified atom stereocenters. The molecule has 1 N–H and O–H groups in total. The molecule has 1 atom stereocenters. The third kappa shape index (κ3) is 2.45. The van der Waals surface area contributed by atoms with Gasteiger partial charge in [0.2, 0.25) is 0 Å². The summed E-state index contributed by atoms with van der Waals surface area (Å²) in [5.41, 5.74) is 0. The molecule has 0 aromatic heterocycles. The Morgan fingerprint density at radius 1 is 1.25 bits per heavy atom. The minimum Gasteiger partial charge on any atom is -0.309 e. The van der Waals surface area contributed by atoms with E-state index in [9.17, 15) is 8.42 Å². The van der Waals surface area contributed by atoms with Gasteiger partial charge in [0, 0.05) is 12.1 Å². The second-order valence-corrected chi connectivity index (χ2v) is 6.13.